The summed E-state index contributed by atoms with van der Waals surface area (Å²) in [5, 5.41) is 2.66. The van der Waals surface area contributed by atoms with E-state index in [1.807, 2.05) is 6.92 Å². The fraction of sp³-hybridized carbons (Fsp3) is 0.278. The zero-order valence-corrected chi connectivity index (χ0v) is 14.3. The number of amides is 1. The van der Waals surface area contributed by atoms with Gasteiger partial charge in [0, 0.05) is 11.3 Å². The summed E-state index contributed by atoms with van der Waals surface area (Å²) in [6.07, 6.45) is -4.14. The molecular formula is C18H17F4NOS. The van der Waals surface area contributed by atoms with E-state index in [0.29, 0.717) is 22.3 Å². The third-order valence-corrected chi connectivity index (χ3v) is 4.62. The van der Waals surface area contributed by atoms with Gasteiger partial charge in [0.25, 0.3) is 0 Å². The van der Waals surface area contributed by atoms with Crippen LogP contribution in [0.4, 0.5) is 23.2 Å². The van der Waals surface area contributed by atoms with Crippen molar-refractivity contribution in [3.63, 3.8) is 0 Å². The maximum absolute atomic E-state index is 12.9. The molecule has 0 aliphatic rings. The first-order valence-electron chi connectivity index (χ1n) is 7.58. The molecule has 7 heteroatoms. The molecule has 0 fully saturated rings. The number of thioether (sulfide) groups is 1. The van der Waals surface area contributed by atoms with Gasteiger partial charge in [0.15, 0.2) is 0 Å². The minimum atomic E-state index is -4.28. The van der Waals surface area contributed by atoms with Crippen LogP contribution in [0.1, 0.15) is 24.8 Å². The van der Waals surface area contributed by atoms with Crippen LogP contribution in [-0.2, 0) is 4.79 Å². The Labute approximate surface area is 147 Å². The Morgan fingerprint density at radius 2 is 1.76 bits per heavy atom. The van der Waals surface area contributed by atoms with E-state index in [1.165, 1.54) is 18.2 Å². The molecule has 0 radical (unpaired) electrons. The number of hydrogen-bond donors (Lipinski definition) is 1. The second kappa shape index (κ2) is 8.38. The highest BCUT2D eigenvalue weighted by atomic mass is 32.2. The Kier molecular flexibility index (Phi) is 6.47. The van der Waals surface area contributed by atoms with E-state index in [4.69, 9.17) is 0 Å². The number of nitrogens with one attached hydrogen (secondary N) is 1. The Morgan fingerprint density at radius 1 is 1.12 bits per heavy atom. The maximum atomic E-state index is 12.9. The number of para-hydroxylation sites is 1. The van der Waals surface area contributed by atoms with Crippen LogP contribution in [-0.4, -0.2) is 17.8 Å². The van der Waals surface area contributed by atoms with Crippen molar-refractivity contribution in [1.29, 1.82) is 0 Å². The molecule has 1 unspecified atom stereocenters. The molecule has 134 valence electrons. The van der Waals surface area contributed by atoms with Crippen molar-refractivity contribution < 1.29 is 22.4 Å². The summed E-state index contributed by atoms with van der Waals surface area (Å²) < 4.78 is 50.1. The van der Waals surface area contributed by atoms with E-state index in [0.717, 1.165) is 5.56 Å². The summed E-state index contributed by atoms with van der Waals surface area (Å²) in [4.78, 5) is 12.6. The van der Waals surface area contributed by atoms with E-state index in [-0.39, 0.29) is 24.1 Å². The summed E-state index contributed by atoms with van der Waals surface area (Å²) in [6.45, 7) is 1.83. The fourth-order valence-electron chi connectivity index (χ4n) is 2.24. The molecule has 1 N–H and O–H groups in total. The van der Waals surface area contributed by atoms with Crippen molar-refractivity contribution in [2.75, 3.05) is 11.1 Å². The SMILES string of the molecule is CC(CC(=O)Nc1ccccc1SCC(F)(F)F)c1ccc(F)cc1. The van der Waals surface area contributed by atoms with Crippen LogP contribution in [0.2, 0.25) is 0 Å². The fourth-order valence-corrected chi connectivity index (χ4v) is 3.01. The van der Waals surface area contributed by atoms with Gasteiger partial charge in [0.05, 0.1) is 11.4 Å². The number of hydrogen-bond acceptors (Lipinski definition) is 2. The topological polar surface area (TPSA) is 29.1 Å². The second-order valence-corrected chi connectivity index (χ2v) is 6.62. The molecule has 0 spiro atoms. The van der Waals surface area contributed by atoms with Gasteiger partial charge in [-0.3, -0.25) is 4.79 Å². The number of alkyl halides is 3. The Bertz CT molecular complexity index is 716. The van der Waals surface area contributed by atoms with Crippen molar-refractivity contribution in [2.45, 2.75) is 30.3 Å². The van der Waals surface area contributed by atoms with Crippen LogP contribution in [0.5, 0.6) is 0 Å². The van der Waals surface area contributed by atoms with Crippen molar-refractivity contribution in [3.8, 4) is 0 Å². The zero-order chi connectivity index (χ0) is 18.4. The summed E-state index contributed by atoms with van der Waals surface area (Å²) >= 11 is 0.631. The molecule has 0 aliphatic heterocycles. The number of carbonyl (C=O) groups is 1. The predicted molar refractivity (Wildman–Crippen MR) is 91.3 cm³/mol. The third-order valence-electron chi connectivity index (χ3n) is 3.48. The number of carbonyl (C=O) groups excluding carboxylic acids is 1. The van der Waals surface area contributed by atoms with E-state index in [1.54, 1.807) is 30.3 Å². The van der Waals surface area contributed by atoms with E-state index in [2.05, 4.69) is 5.32 Å². The van der Waals surface area contributed by atoms with Crippen LogP contribution in [0.3, 0.4) is 0 Å². The Balaban J connectivity index is 1.99. The summed E-state index contributed by atoms with van der Waals surface area (Å²) in [6, 6.07) is 12.3. The Morgan fingerprint density at radius 3 is 2.40 bits per heavy atom. The molecular weight excluding hydrogens is 354 g/mol. The highest BCUT2D eigenvalue weighted by Crippen LogP contribution is 2.32. The highest BCUT2D eigenvalue weighted by molar-refractivity contribution is 7.99. The van der Waals surface area contributed by atoms with Gasteiger partial charge in [-0.25, -0.2) is 4.39 Å². The van der Waals surface area contributed by atoms with Crippen molar-refractivity contribution in [2.24, 2.45) is 0 Å². The van der Waals surface area contributed by atoms with Gasteiger partial charge in [-0.15, -0.1) is 11.8 Å². The van der Waals surface area contributed by atoms with Gasteiger partial charge in [0.1, 0.15) is 5.82 Å². The Hall–Kier alpha value is -2.02. The van der Waals surface area contributed by atoms with E-state index < -0.39 is 11.9 Å². The molecule has 1 atom stereocenters. The molecule has 2 rings (SSSR count). The first-order chi connectivity index (χ1) is 11.7. The second-order valence-electron chi connectivity index (χ2n) is 5.60. The minimum Gasteiger partial charge on any atom is -0.325 e. The molecule has 1 amide bonds. The lowest BCUT2D eigenvalue weighted by molar-refractivity contribution is -0.116. The van der Waals surface area contributed by atoms with Crippen molar-refractivity contribution in [1.82, 2.24) is 0 Å². The van der Waals surface area contributed by atoms with Gasteiger partial charge in [-0.1, -0.05) is 31.2 Å². The summed E-state index contributed by atoms with van der Waals surface area (Å²) in [5.41, 5.74) is 1.17. The van der Waals surface area contributed by atoms with E-state index in [9.17, 15) is 22.4 Å². The smallest absolute Gasteiger partial charge is 0.325 e. The molecule has 2 nitrogen and oxygen atoms in total. The van der Waals surface area contributed by atoms with Crippen molar-refractivity contribution in [3.05, 3.63) is 59.9 Å². The molecule has 0 aliphatic carbocycles. The highest BCUT2D eigenvalue weighted by Gasteiger charge is 2.27. The summed E-state index contributed by atoms with van der Waals surface area (Å²) in [7, 11) is 0. The summed E-state index contributed by atoms with van der Waals surface area (Å²) in [5.74, 6) is -1.82. The van der Waals surface area contributed by atoms with Crippen LogP contribution < -0.4 is 5.32 Å². The minimum absolute atomic E-state index is 0.143. The lowest BCUT2D eigenvalue weighted by atomic mass is 9.97. The van der Waals surface area contributed by atoms with Gasteiger partial charge in [-0.05, 0) is 35.7 Å². The lowest BCUT2D eigenvalue weighted by Crippen LogP contribution is -2.15. The molecule has 25 heavy (non-hydrogen) atoms. The molecule has 0 aromatic heterocycles. The predicted octanol–water partition coefficient (Wildman–Crippen LogP) is 5.61. The zero-order valence-electron chi connectivity index (χ0n) is 13.4. The maximum Gasteiger partial charge on any atom is 0.398 e. The number of anilines is 1. The van der Waals surface area contributed by atoms with Crippen LogP contribution in [0.15, 0.2) is 53.4 Å². The van der Waals surface area contributed by atoms with Crippen molar-refractivity contribution >= 4 is 23.4 Å². The number of halogens is 4. The largest absolute Gasteiger partial charge is 0.398 e. The normalized spacial score (nSPS) is 12.7. The average Bonchev–Trinajstić information content (AvgIpc) is 2.53. The molecule has 2 aromatic carbocycles. The number of benzene rings is 2. The quantitative estimate of drug-likeness (QED) is 0.528. The van der Waals surface area contributed by atoms with E-state index >= 15 is 0 Å². The molecule has 0 heterocycles. The van der Waals surface area contributed by atoms with Gasteiger partial charge >= 0.3 is 6.18 Å². The van der Waals surface area contributed by atoms with Gasteiger partial charge in [0.2, 0.25) is 5.91 Å². The lowest BCUT2D eigenvalue weighted by Gasteiger charge is -2.14. The van der Waals surface area contributed by atoms with Gasteiger partial charge < -0.3 is 5.32 Å². The third kappa shape index (κ3) is 6.42. The molecule has 0 saturated carbocycles. The standard InChI is InChI=1S/C18H17F4NOS/c1-12(13-6-8-14(19)9-7-13)10-17(24)23-15-4-2-3-5-16(15)25-11-18(20,21)22/h2-9,12H,10-11H2,1H3,(H,23,24). The first kappa shape index (κ1) is 19.3. The van der Waals surface area contributed by atoms with Crippen LogP contribution in [0.25, 0.3) is 0 Å². The average molecular weight is 371 g/mol. The molecule has 0 bridgehead atoms. The first-order valence-corrected chi connectivity index (χ1v) is 8.57. The van der Waals surface area contributed by atoms with Crippen LogP contribution >= 0.6 is 11.8 Å². The van der Waals surface area contributed by atoms with Crippen LogP contribution in [0, 0.1) is 5.82 Å². The number of rotatable bonds is 6. The molecule has 2 aromatic rings. The monoisotopic (exact) mass is 371 g/mol. The van der Waals surface area contributed by atoms with Gasteiger partial charge in [-0.2, -0.15) is 13.2 Å². The molecule has 0 saturated heterocycles.